The maximum absolute atomic E-state index is 4.34. The number of hydrogen-bond donors (Lipinski definition) is 0. The van der Waals surface area contributed by atoms with Gasteiger partial charge in [-0.3, -0.25) is 0 Å². The molecule has 0 radical (unpaired) electrons. The summed E-state index contributed by atoms with van der Waals surface area (Å²) in [6, 6.07) is 7.69. The molecule has 0 aliphatic heterocycles. The van der Waals surface area contributed by atoms with Crippen LogP contribution in [0.5, 0.6) is 0 Å². The van der Waals surface area contributed by atoms with Gasteiger partial charge < -0.3 is 0 Å². The number of hydrogen-bond acceptors (Lipinski definition) is 4. The molecule has 18 heavy (non-hydrogen) atoms. The Labute approximate surface area is 107 Å². The molecule has 0 aliphatic carbocycles. The van der Waals surface area contributed by atoms with E-state index in [4.69, 9.17) is 0 Å². The van der Waals surface area contributed by atoms with Gasteiger partial charge >= 0.3 is 0 Å². The minimum Gasteiger partial charge on any atom is -0.232 e. The van der Waals surface area contributed by atoms with Crippen LogP contribution in [0.1, 0.15) is 27.7 Å². The van der Waals surface area contributed by atoms with Crippen LogP contribution in [0.2, 0.25) is 0 Å². The summed E-state index contributed by atoms with van der Waals surface area (Å²) in [5.74, 6) is 0. The fourth-order valence-corrected chi connectivity index (χ4v) is 1.36. The van der Waals surface area contributed by atoms with Crippen molar-refractivity contribution in [1.29, 1.82) is 0 Å². The Morgan fingerprint density at radius 3 is 1.44 bits per heavy atom. The molecule has 0 atom stereocenters. The molecule has 0 bridgehead atoms. The van der Waals surface area contributed by atoms with E-state index in [2.05, 4.69) is 19.9 Å². The summed E-state index contributed by atoms with van der Waals surface area (Å²) >= 11 is 0. The molecule has 0 saturated heterocycles. The molecule has 1 aromatic carbocycles. The van der Waals surface area contributed by atoms with E-state index < -0.39 is 0 Å². The molecule has 3 aromatic rings. The van der Waals surface area contributed by atoms with Crippen LogP contribution in [-0.4, -0.2) is 19.9 Å². The lowest BCUT2D eigenvalue weighted by atomic mass is 10.3. The van der Waals surface area contributed by atoms with E-state index >= 15 is 0 Å². The maximum atomic E-state index is 4.34. The molecular formula is C14H18N4. The van der Waals surface area contributed by atoms with Gasteiger partial charge in [-0.05, 0) is 12.1 Å². The van der Waals surface area contributed by atoms with Crippen molar-refractivity contribution >= 4 is 22.3 Å². The third-order valence-electron chi connectivity index (χ3n) is 1.99. The standard InChI is InChI=1S/C10H6N4.2C2H6/c1-2-4-8-7(3-1)13-9-10(14-8)12-6-5-11-9;2*1-2/h1-6H;2*1-2H3. The fourth-order valence-electron chi connectivity index (χ4n) is 1.36. The molecule has 0 amide bonds. The van der Waals surface area contributed by atoms with Gasteiger partial charge in [0.1, 0.15) is 0 Å². The van der Waals surface area contributed by atoms with Crippen LogP contribution in [0.25, 0.3) is 22.3 Å². The van der Waals surface area contributed by atoms with Gasteiger partial charge in [0.05, 0.1) is 11.0 Å². The van der Waals surface area contributed by atoms with E-state index in [0.717, 1.165) is 11.0 Å². The number of rotatable bonds is 0. The van der Waals surface area contributed by atoms with Crippen LogP contribution in [-0.2, 0) is 0 Å². The highest BCUT2D eigenvalue weighted by atomic mass is 15.0. The molecule has 2 heterocycles. The van der Waals surface area contributed by atoms with Crippen molar-refractivity contribution in [2.75, 3.05) is 0 Å². The van der Waals surface area contributed by atoms with Crippen molar-refractivity contribution in [2.45, 2.75) is 27.7 Å². The summed E-state index contributed by atoms with van der Waals surface area (Å²) in [4.78, 5) is 16.9. The first-order valence-corrected chi connectivity index (χ1v) is 6.27. The Morgan fingerprint density at radius 1 is 0.667 bits per heavy atom. The molecule has 0 fully saturated rings. The van der Waals surface area contributed by atoms with Crippen molar-refractivity contribution < 1.29 is 0 Å². The van der Waals surface area contributed by atoms with Gasteiger partial charge in [-0.25, -0.2) is 19.9 Å². The smallest absolute Gasteiger partial charge is 0.198 e. The van der Waals surface area contributed by atoms with Gasteiger partial charge in [-0.1, -0.05) is 39.8 Å². The predicted molar refractivity (Wildman–Crippen MR) is 75.3 cm³/mol. The third-order valence-corrected chi connectivity index (χ3v) is 1.99. The van der Waals surface area contributed by atoms with Gasteiger partial charge in [0.25, 0.3) is 0 Å². The first kappa shape index (κ1) is 14.0. The number of aromatic nitrogens is 4. The van der Waals surface area contributed by atoms with Crippen LogP contribution in [0, 0.1) is 0 Å². The zero-order valence-corrected chi connectivity index (χ0v) is 11.3. The average molecular weight is 242 g/mol. The van der Waals surface area contributed by atoms with Crippen LogP contribution in [0.15, 0.2) is 36.7 Å². The van der Waals surface area contributed by atoms with E-state index in [1.54, 1.807) is 12.4 Å². The van der Waals surface area contributed by atoms with Gasteiger partial charge in [0, 0.05) is 12.4 Å². The Hall–Kier alpha value is -2.10. The lowest BCUT2D eigenvalue weighted by molar-refractivity contribution is 1.20. The molecule has 3 rings (SSSR count). The van der Waals surface area contributed by atoms with Crippen LogP contribution in [0.3, 0.4) is 0 Å². The average Bonchev–Trinajstić information content (AvgIpc) is 2.49. The second-order valence-electron chi connectivity index (χ2n) is 2.92. The lowest BCUT2D eigenvalue weighted by Gasteiger charge is -1.97. The molecule has 0 aliphatic rings. The molecule has 94 valence electrons. The first-order chi connectivity index (χ1) is 8.93. The van der Waals surface area contributed by atoms with Gasteiger partial charge in [0.2, 0.25) is 0 Å². The summed E-state index contributed by atoms with van der Waals surface area (Å²) in [5, 5.41) is 0. The summed E-state index contributed by atoms with van der Waals surface area (Å²) < 4.78 is 0. The fraction of sp³-hybridized carbons (Fsp3) is 0.286. The Morgan fingerprint density at radius 2 is 1.06 bits per heavy atom. The normalized spacial score (nSPS) is 9.11. The third kappa shape index (κ3) is 2.97. The first-order valence-electron chi connectivity index (χ1n) is 6.27. The van der Waals surface area contributed by atoms with Crippen molar-refractivity contribution in [3.8, 4) is 0 Å². The second kappa shape index (κ2) is 7.27. The maximum Gasteiger partial charge on any atom is 0.198 e. The van der Waals surface area contributed by atoms with Crippen LogP contribution >= 0.6 is 0 Å². The van der Waals surface area contributed by atoms with E-state index in [1.807, 2.05) is 52.0 Å². The number of para-hydroxylation sites is 2. The summed E-state index contributed by atoms with van der Waals surface area (Å²) in [5.41, 5.74) is 2.87. The quantitative estimate of drug-likeness (QED) is 0.565. The number of fused-ring (bicyclic) bond motifs is 2. The molecule has 4 nitrogen and oxygen atoms in total. The topological polar surface area (TPSA) is 51.6 Å². The molecule has 2 aromatic heterocycles. The highest BCUT2D eigenvalue weighted by Gasteiger charge is 2.00. The Bertz CT molecular complexity index is 503. The van der Waals surface area contributed by atoms with E-state index in [1.165, 1.54) is 0 Å². The molecule has 0 N–H and O–H groups in total. The van der Waals surface area contributed by atoms with Gasteiger partial charge in [-0.15, -0.1) is 0 Å². The van der Waals surface area contributed by atoms with E-state index in [0.29, 0.717) is 11.3 Å². The molecular weight excluding hydrogens is 224 g/mol. The Kier molecular flexibility index (Phi) is 5.64. The number of nitrogens with zero attached hydrogens (tertiary/aromatic N) is 4. The van der Waals surface area contributed by atoms with Crippen molar-refractivity contribution in [3.05, 3.63) is 36.7 Å². The molecule has 4 heteroatoms. The van der Waals surface area contributed by atoms with Crippen molar-refractivity contribution in [3.63, 3.8) is 0 Å². The minimum atomic E-state index is 0.589. The summed E-state index contributed by atoms with van der Waals surface area (Å²) in [6.07, 6.45) is 3.23. The predicted octanol–water partition coefficient (Wildman–Crippen LogP) is 3.63. The molecule has 0 unspecified atom stereocenters. The van der Waals surface area contributed by atoms with E-state index in [-0.39, 0.29) is 0 Å². The SMILES string of the molecule is CC.CC.c1ccc2nc3nccnc3nc2c1. The van der Waals surface area contributed by atoms with Gasteiger partial charge in [-0.2, -0.15) is 0 Å². The molecule has 0 spiro atoms. The monoisotopic (exact) mass is 242 g/mol. The minimum absolute atomic E-state index is 0.589. The van der Waals surface area contributed by atoms with Gasteiger partial charge in [0.15, 0.2) is 11.3 Å². The van der Waals surface area contributed by atoms with Crippen molar-refractivity contribution in [1.82, 2.24) is 19.9 Å². The summed E-state index contributed by atoms with van der Waals surface area (Å²) in [6.45, 7) is 8.00. The summed E-state index contributed by atoms with van der Waals surface area (Å²) in [7, 11) is 0. The molecule has 0 saturated carbocycles. The highest BCUT2D eigenvalue weighted by Crippen LogP contribution is 2.11. The zero-order valence-electron chi connectivity index (χ0n) is 11.3. The zero-order chi connectivity index (χ0) is 13.4. The van der Waals surface area contributed by atoms with E-state index in [9.17, 15) is 0 Å². The van der Waals surface area contributed by atoms with Crippen LogP contribution in [0.4, 0.5) is 0 Å². The second-order valence-corrected chi connectivity index (χ2v) is 2.92. The number of benzene rings is 1. The largest absolute Gasteiger partial charge is 0.232 e. The lowest BCUT2D eigenvalue weighted by Crippen LogP contribution is -1.91. The highest BCUT2D eigenvalue weighted by molar-refractivity contribution is 5.81. The van der Waals surface area contributed by atoms with Crippen molar-refractivity contribution in [2.24, 2.45) is 0 Å². The van der Waals surface area contributed by atoms with Crippen LogP contribution < -0.4 is 0 Å². The Balaban J connectivity index is 0.000000371.